The van der Waals surface area contributed by atoms with Gasteiger partial charge in [-0.1, -0.05) is 0 Å². The highest BCUT2D eigenvalue weighted by atomic mass is 32.1. The van der Waals surface area contributed by atoms with Crippen molar-refractivity contribution in [3.63, 3.8) is 0 Å². The number of fused-ring (bicyclic) bond motifs is 1. The average Bonchev–Trinajstić information content (AvgIpc) is 2.72. The van der Waals surface area contributed by atoms with Gasteiger partial charge >= 0.3 is 0 Å². The second kappa shape index (κ2) is 3.82. The first-order chi connectivity index (χ1) is 8.07. The molecule has 3 nitrogen and oxygen atoms in total. The van der Waals surface area contributed by atoms with Crippen molar-refractivity contribution in [2.24, 2.45) is 0 Å². The number of β-amino-alcohol motifs (C(OH)–C–C–N with tert-alkyl or cyclic N) is 1. The van der Waals surface area contributed by atoms with Crippen LogP contribution in [-0.2, 0) is 11.2 Å². The summed E-state index contributed by atoms with van der Waals surface area (Å²) >= 11 is 1.76. The predicted molar refractivity (Wildman–Crippen MR) is 67.2 cm³/mol. The largest absolute Gasteiger partial charge is 0.386 e. The van der Waals surface area contributed by atoms with E-state index in [2.05, 4.69) is 11.4 Å². The van der Waals surface area contributed by atoms with E-state index in [0.717, 1.165) is 19.3 Å². The molecule has 3 rings (SSSR count). The molecule has 2 heterocycles. The van der Waals surface area contributed by atoms with Crippen molar-refractivity contribution < 1.29 is 9.90 Å². The lowest BCUT2D eigenvalue weighted by atomic mass is 9.85. The molecule has 0 saturated carbocycles. The molecule has 1 atom stereocenters. The van der Waals surface area contributed by atoms with Gasteiger partial charge in [0.25, 0.3) is 0 Å². The van der Waals surface area contributed by atoms with Crippen LogP contribution in [0, 0.1) is 0 Å². The number of hydrogen-bond acceptors (Lipinski definition) is 3. The smallest absolute Gasteiger partial charge is 0.230 e. The highest BCUT2D eigenvalue weighted by Crippen LogP contribution is 2.37. The van der Waals surface area contributed by atoms with Crippen molar-refractivity contribution in [1.29, 1.82) is 0 Å². The van der Waals surface area contributed by atoms with Crippen LogP contribution in [0.4, 0.5) is 0 Å². The summed E-state index contributed by atoms with van der Waals surface area (Å²) in [4.78, 5) is 15.5. The first-order valence-corrected chi connectivity index (χ1v) is 7.02. The zero-order valence-corrected chi connectivity index (χ0v) is 10.8. The Labute approximate surface area is 105 Å². The standard InChI is InChI=1S/C13H17NO2S/c1-13(16)7-14(8-13)12(15)10-3-2-4-11-9(10)5-6-17-11/h5-6,10,16H,2-4,7-8H2,1H3. The number of aliphatic hydroxyl groups is 1. The number of aryl methyl sites for hydroxylation is 1. The third kappa shape index (κ3) is 1.89. The molecule has 1 unspecified atom stereocenters. The molecule has 1 aliphatic heterocycles. The highest BCUT2D eigenvalue weighted by molar-refractivity contribution is 7.10. The maximum absolute atomic E-state index is 12.3. The SMILES string of the molecule is CC1(O)CN(C(=O)C2CCCc3sccc32)C1. The topological polar surface area (TPSA) is 40.5 Å². The van der Waals surface area contributed by atoms with E-state index in [1.54, 1.807) is 23.2 Å². The number of thiophene rings is 1. The molecule has 1 aromatic rings. The van der Waals surface area contributed by atoms with Gasteiger partial charge in [0.2, 0.25) is 5.91 Å². The molecule has 1 N–H and O–H groups in total. The minimum Gasteiger partial charge on any atom is -0.386 e. The zero-order chi connectivity index (χ0) is 12.0. The minimum absolute atomic E-state index is 0.0427. The number of carbonyl (C=O) groups excluding carboxylic acids is 1. The Hall–Kier alpha value is -0.870. The lowest BCUT2D eigenvalue weighted by molar-refractivity contribution is -0.154. The van der Waals surface area contributed by atoms with E-state index in [9.17, 15) is 9.90 Å². The summed E-state index contributed by atoms with van der Waals surface area (Å²) in [6, 6.07) is 2.10. The maximum atomic E-state index is 12.3. The first-order valence-electron chi connectivity index (χ1n) is 6.14. The van der Waals surface area contributed by atoms with Crippen LogP contribution in [0.15, 0.2) is 11.4 Å². The minimum atomic E-state index is -0.665. The van der Waals surface area contributed by atoms with E-state index in [1.807, 2.05) is 0 Å². The Morgan fingerprint density at radius 2 is 2.35 bits per heavy atom. The fraction of sp³-hybridized carbons (Fsp3) is 0.615. The van der Waals surface area contributed by atoms with Gasteiger partial charge in [0.1, 0.15) is 0 Å². The van der Waals surface area contributed by atoms with Crippen LogP contribution in [0.2, 0.25) is 0 Å². The second-order valence-electron chi connectivity index (χ2n) is 5.44. The fourth-order valence-corrected chi connectivity index (χ4v) is 3.88. The Bertz CT molecular complexity index is 444. The van der Waals surface area contributed by atoms with Crippen LogP contribution < -0.4 is 0 Å². The van der Waals surface area contributed by atoms with Gasteiger partial charge in [-0.15, -0.1) is 11.3 Å². The molecule has 1 saturated heterocycles. The molecule has 0 radical (unpaired) electrons. The van der Waals surface area contributed by atoms with Gasteiger partial charge in [0.15, 0.2) is 0 Å². The van der Waals surface area contributed by atoms with E-state index >= 15 is 0 Å². The Morgan fingerprint density at radius 1 is 1.59 bits per heavy atom. The van der Waals surface area contributed by atoms with Crippen LogP contribution >= 0.6 is 11.3 Å². The third-order valence-corrected chi connectivity index (χ3v) is 4.72. The number of hydrogen-bond donors (Lipinski definition) is 1. The Morgan fingerprint density at radius 3 is 3.06 bits per heavy atom. The van der Waals surface area contributed by atoms with Gasteiger partial charge in [-0.3, -0.25) is 4.79 Å². The summed E-state index contributed by atoms with van der Waals surface area (Å²) in [5.74, 6) is 0.247. The number of carbonyl (C=O) groups is 1. The van der Waals surface area contributed by atoms with Gasteiger partial charge in [-0.25, -0.2) is 0 Å². The fourth-order valence-electron chi connectivity index (χ4n) is 2.90. The predicted octanol–water partition coefficient (Wildman–Crippen LogP) is 1.76. The maximum Gasteiger partial charge on any atom is 0.230 e. The van der Waals surface area contributed by atoms with Gasteiger partial charge in [0, 0.05) is 4.88 Å². The Kier molecular flexibility index (Phi) is 2.52. The quantitative estimate of drug-likeness (QED) is 0.826. The molecular weight excluding hydrogens is 234 g/mol. The van der Waals surface area contributed by atoms with Gasteiger partial charge < -0.3 is 10.0 Å². The molecule has 1 aliphatic carbocycles. The molecule has 0 spiro atoms. The van der Waals surface area contributed by atoms with Crippen molar-refractivity contribution in [1.82, 2.24) is 4.90 Å². The van der Waals surface area contributed by atoms with Crippen LogP contribution in [0.3, 0.4) is 0 Å². The van der Waals surface area contributed by atoms with E-state index in [1.165, 1.54) is 10.4 Å². The highest BCUT2D eigenvalue weighted by Gasteiger charge is 2.42. The summed E-state index contributed by atoms with van der Waals surface area (Å²) in [6.45, 7) is 2.76. The van der Waals surface area contributed by atoms with Crippen LogP contribution in [0.1, 0.15) is 36.1 Å². The summed E-state index contributed by atoms with van der Waals surface area (Å²) < 4.78 is 0. The molecule has 0 bridgehead atoms. The van der Waals surface area contributed by atoms with Crippen molar-refractivity contribution in [3.05, 3.63) is 21.9 Å². The average molecular weight is 251 g/mol. The summed E-state index contributed by atoms with van der Waals surface area (Å²) in [6.07, 6.45) is 3.18. The van der Waals surface area contributed by atoms with Crippen LogP contribution in [0.25, 0.3) is 0 Å². The molecule has 4 heteroatoms. The monoisotopic (exact) mass is 251 g/mol. The lowest BCUT2D eigenvalue weighted by Gasteiger charge is -2.45. The molecule has 92 valence electrons. The van der Waals surface area contributed by atoms with Crippen LogP contribution in [0.5, 0.6) is 0 Å². The van der Waals surface area contributed by atoms with Gasteiger partial charge in [-0.05, 0) is 43.2 Å². The molecule has 0 aromatic carbocycles. The summed E-state index contributed by atoms with van der Waals surface area (Å²) in [5.41, 5.74) is 0.569. The van der Waals surface area contributed by atoms with E-state index < -0.39 is 5.60 Å². The first kappa shape index (κ1) is 11.2. The van der Waals surface area contributed by atoms with Gasteiger partial charge in [-0.2, -0.15) is 0 Å². The number of amides is 1. The van der Waals surface area contributed by atoms with Crippen molar-refractivity contribution >= 4 is 17.2 Å². The Balaban J connectivity index is 1.77. The van der Waals surface area contributed by atoms with Crippen molar-refractivity contribution in [2.75, 3.05) is 13.1 Å². The van der Waals surface area contributed by atoms with Crippen molar-refractivity contribution in [2.45, 2.75) is 37.7 Å². The molecule has 1 aromatic heterocycles. The molecule has 1 fully saturated rings. The van der Waals surface area contributed by atoms with Crippen LogP contribution in [-0.4, -0.2) is 34.6 Å². The summed E-state index contributed by atoms with van der Waals surface area (Å²) in [5, 5.41) is 11.8. The number of rotatable bonds is 1. The molecule has 2 aliphatic rings. The van der Waals surface area contributed by atoms with E-state index in [-0.39, 0.29) is 11.8 Å². The summed E-state index contributed by atoms with van der Waals surface area (Å²) in [7, 11) is 0. The molecule has 17 heavy (non-hydrogen) atoms. The second-order valence-corrected chi connectivity index (χ2v) is 6.44. The third-order valence-electron chi connectivity index (χ3n) is 3.72. The normalized spacial score (nSPS) is 26.2. The van der Waals surface area contributed by atoms with E-state index in [0.29, 0.717) is 13.1 Å². The van der Waals surface area contributed by atoms with E-state index in [4.69, 9.17) is 0 Å². The molecular formula is C13H17NO2S. The number of likely N-dealkylation sites (tertiary alicyclic amines) is 1. The number of nitrogens with zero attached hydrogens (tertiary/aromatic N) is 1. The van der Waals surface area contributed by atoms with Crippen molar-refractivity contribution in [3.8, 4) is 0 Å². The van der Waals surface area contributed by atoms with Gasteiger partial charge in [0.05, 0.1) is 24.6 Å². The zero-order valence-electron chi connectivity index (χ0n) is 9.98. The lowest BCUT2D eigenvalue weighted by Crippen LogP contribution is -2.62. The molecule has 1 amide bonds.